The predicted octanol–water partition coefficient (Wildman–Crippen LogP) is 1.71. The highest BCUT2D eigenvalue weighted by Gasteiger charge is 2.24. The Morgan fingerprint density at radius 1 is 1.23 bits per heavy atom. The van der Waals surface area contributed by atoms with Gasteiger partial charge in [0.05, 0.1) is 13.2 Å². The summed E-state index contributed by atoms with van der Waals surface area (Å²) in [5.74, 6) is 1.85. The number of aliphatic imine (C=N–C) groups is 1. The molecule has 2 aliphatic rings. The lowest BCUT2D eigenvalue weighted by molar-refractivity contribution is -0.116. The molecule has 1 fully saturated rings. The Balaban J connectivity index is 1.37. The highest BCUT2D eigenvalue weighted by Crippen LogP contribution is 2.31. The summed E-state index contributed by atoms with van der Waals surface area (Å²) in [5, 5.41) is 9.70. The molecular weight excluding hydrogens is 380 g/mol. The summed E-state index contributed by atoms with van der Waals surface area (Å²) in [6.45, 7) is 4.39. The van der Waals surface area contributed by atoms with Gasteiger partial charge in [0.25, 0.3) is 0 Å². The number of aromatic nitrogens is 1. The van der Waals surface area contributed by atoms with E-state index < -0.39 is 0 Å². The molecule has 3 N–H and O–H groups in total. The second-order valence-corrected chi connectivity index (χ2v) is 7.43. The summed E-state index contributed by atoms with van der Waals surface area (Å²) in [7, 11) is 1.75. The van der Waals surface area contributed by atoms with Crippen LogP contribution in [0.25, 0.3) is 0 Å². The van der Waals surface area contributed by atoms with Crippen LogP contribution in [0, 0.1) is 0 Å². The van der Waals surface area contributed by atoms with Gasteiger partial charge >= 0.3 is 0 Å². The number of guanidine groups is 1. The van der Waals surface area contributed by atoms with E-state index in [0.29, 0.717) is 25.5 Å². The number of carbonyl (C=O) groups excluding carboxylic acids is 1. The van der Waals surface area contributed by atoms with Gasteiger partial charge in [-0.1, -0.05) is 24.3 Å². The van der Waals surface area contributed by atoms with Crippen molar-refractivity contribution in [2.45, 2.75) is 18.9 Å². The van der Waals surface area contributed by atoms with E-state index in [-0.39, 0.29) is 11.8 Å². The Morgan fingerprint density at radius 3 is 2.90 bits per heavy atom. The molecule has 0 radical (unpaired) electrons. The van der Waals surface area contributed by atoms with E-state index in [4.69, 9.17) is 4.74 Å². The maximum atomic E-state index is 12.0. The number of anilines is 2. The van der Waals surface area contributed by atoms with Gasteiger partial charge in [0.2, 0.25) is 5.91 Å². The first kappa shape index (κ1) is 20.2. The molecule has 8 heteroatoms. The molecule has 1 aromatic heterocycles. The van der Waals surface area contributed by atoms with E-state index in [1.807, 2.05) is 30.5 Å². The molecule has 1 saturated heterocycles. The summed E-state index contributed by atoms with van der Waals surface area (Å²) in [6, 6.07) is 12.0. The van der Waals surface area contributed by atoms with Crippen LogP contribution in [0.2, 0.25) is 0 Å². The molecule has 0 saturated carbocycles. The topological polar surface area (TPSA) is 90.9 Å². The fourth-order valence-electron chi connectivity index (χ4n) is 3.93. The lowest BCUT2D eigenvalue weighted by Crippen LogP contribution is -2.41. The summed E-state index contributed by atoms with van der Waals surface area (Å²) in [4.78, 5) is 23.2. The Hall–Kier alpha value is -3.13. The van der Waals surface area contributed by atoms with Crippen molar-refractivity contribution in [1.82, 2.24) is 15.6 Å². The number of rotatable bonds is 5. The van der Waals surface area contributed by atoms with Crippen LogP contribution >= 0.6 is 0 Å². The molecule has 8 nitrogen and oxygen atoms in total. The zero-order valence-electron chi connectivity index (χ0n) is 17.2. The van der Waals surface area contributed by atoms with Crippen molar-refractivity contribution in [1.29, 1.82) is 0 Å². The smallest absolute Gasteiger partial charge is 0.225 e. The Kier molecular flexibility index (Phi) is 6.44. The van der Waals surface area contributed by atoms with Crippen LogP contribution in [-0.2, 0) is 16.1 Å². The van der Waals surface area contributed by atoms with Gasteiger partial charge in [0.15, 0.2) is 5.96 Å². The number of fused-ring (bicyclic) bond motifs is 1. The largest absolute Gasteiger partial charge is 0.378 e. The van der Waals surface area contributed by atoms with Gasteiger partial charge in [0.1, 0.15) is 5.82 Å². The second-order valence-electron chi connectivity index (χ2n) is 7.43. The lowest BCUT2D eigenvalue weighted by Gasteiger charge is -2.29. The maximum Gasteiger partial charge on any atom is 0.225 e. The average molecular weight is 409 g/mol. The molecule has 3 heterocycles. The van der Waals surface area contributed by atoms with Crippen LogP contribution in [0.1, 0.15) is 23.5 Å². The zero-order valence-corrected chi connectivity index (χ0v) is 17.2. The van der Waals surface area contributed by atoms with Gasteiger partial charge in [-0.2, -0.15) is 0 Å². The first-order valence-electron chi connectivity index (χ1n) is 10.3. The number of pyridine rings is 1. The normalized spacial score (nSPS) is 19.1. The van der Waals surface area contributed by atoms with Gasteiger partial charge in [-0.15, -0.1) is 0 Å². The number of ether oxygens (including phenoxy) is 1. The number of amides is 1. The van der Waals surface area contributed by atoms with E-state index in [1.54, 1.807) is 7.05 Å². The number of nitrogens with one attached hydrogen (secondary N) is 3. The highest BCUT2D eigenvalue weighted by atomic mass is 16.5. The third kappa shape index (κ3) is 4.71. The van der Waals surface area contributed by atoms with Crippen LogP contribution < -0.4 is 20.9 Å². The third-order valence-electron chi connectivity index (χ3n) is 5.47. The minimum absolute atomic E-state index is 0.0500. The minimum atomic E-state index is 0.0500. The molecule has 1 atom stereocenters. The van der Waals surface area contributed by atoms with Crippen molar-refractivity contribution >= 4 is 23.4 Å². The van der Waals surface area contributed by atoms with Crippen molar-refractivity contribution in [3.8, 4) is 0 Å². The van der Waals surface area contributed by atoms with E-state index in [2.05, 4.69) is 43.0 Å². The second kappa shape index (κ2) is 9.58. The van der Waals surface area contributed by atoms with Crippen LogP contribution in [-0.4, -0.2) is 56.7 Å². The van der Waals surface area contributed by atoms with Gasteiger partial charge in [0, 0.05) is 63.0 Å². The Labute approximate surface area is 176 Å². The summed E-state index contributed by atoms with van der Waals surface area (Å²) >= 11 is 0. The number of hydrogen-bond donors (Lipinski definition) is 3. The third-order valence-corrected chi connectivity index (χ3v) is 5.47. The van der Waals surface area contributed by atoms with Crippen molar-refractivity contribution < 1.29 is 9.53 Å². The van der Waals surface area contributed by atoms with Crippen molar-refractivity contribution in [3.63, 3.8) is 0 Å². The molecule has 1 unspecified atom stereocenters. The quantitative estimate of drug-likeness (QED) is 0.515. The van der Waals surface area contributed by atoms with Crippen LogP contribution in [0.4, 0.5) is 11.5 Å². The number of carbonyl (C=O) groups is 1. The van der Waals surface area contributed by atoms with Crippen molar-refractivity contribution in [3.05, 3.63) is 53.7 Å². The summed E-state index contributed by atoms with van der Waals surface area (Å²) in [6.07, 6.45) is 2.29. The molecule has 4 rings (SSSR count). The highest BCUT2D eigenvalue weighted by molar-refractivity contribution is 5.94. The molecule has 2 aliphatic heterocycles. The number of morpholine rings is 1. The van der Waals surface area contributed by atoms with Crippen LogP contribution in [0.5, 0.6) is 0 Å². The van der Waals surface area contributed by atoms with Crippen LogP contribution in [0.3, 0.4) is 0 Å². The molecule has 1 amide bonds. The van der Waals surface area contributed by atoms with E-state index in [0.717, 1.165) is 48.9 Å². The standard InChI is InChI=1S/C22H28N6O2/c1-23-22(26-15-17-13-20(29)27-19-7-3-2-6-18(17)19)25-14-16-5-4-8-24-21(16)28-9-11-30-12-10-28/h2-8,17H,9-15H2,1H3,(H,27,29)(H2,23,25,26). The van der Waals surface area contributed by atoms with Gasteiger partial charge in [-0.05, 0) is 17.7 Å². The Bertz CT molecular complexity index is 910. The predicted molar refractivity (Wildman–Crippen MR) is 118 cm³/mol. The fraction of sp³-hybridized carbons (Fsp3) is 0.409. The van der Waals surface area contributed by atoms with Gasteiger partial charge in [-0.3, -0.25) is 9.79 Å². The van der Waals surface area contributed by atoms with E-state index >= 15 is 0 Å². The van der Waals surface area contributed by atoms with Crippen molar-refractivity contribution in [2.75, 3.05) is 50.1 Å². The molecule has 158 valence electrons. The van der Waals surface area contributed by atoms with E-state index in [1.165, 1.54) is 0 Å². The lowest BCUT2D eigenvalue weighted by atomic mass is 9.90. The SMILES string of the molecule is CN=C(NCc1cccnc1N1CCOCC1)NCC1CC(=O)Nc2ccccc21. The number of benzene rings is 1. The maximum absolute atomic E-state index is 12.0. The molecule has 0 aliphatic carbocycles. The number of para-hydroxylation sites is 1. The summed E-state index contributed by atoms with van der Waals surface area (Å²) in [5.41, 5.74) is 3.17. The monoisotopic (exact) mass is 408 g/mol. The number of hydrogen-bond acceptors (Lipinski definition) is 5. The average Bonchev–Trinajstić information content (AvgIpc) is 2.79. The zero-order chi connectivity index (χ0) is 20.8. The van der Waals surface area contributed by atoms with Crippen LogP contribution in [0.15, 0.2) is 47.6 Å². The Morgan fingerprint density at radius 2 is 2.07 bits per heavy atom. The van der Waals surface area contributed by atoms with Gasteiger partial charge < -0.3 is 25.6 Å². The first-order valence-corrected chi connectivity index (χ1v) is 10.3. The molecule has 1 aromatic carbocycles. The molecule has 30 heavy (non-hydrogen) atoms. The molecule has 2 aromatic rings. The molecular formula is C22H28N6O2. The number of nitrogens with zero attached hydrogens (tertiary/aromatic N) is 3. The summed E-state index contributed by atoms with van der Waals surface area (Å²) < 4.78 is 5.46. The van der Waals surface area contributed by atoms with Crippen molar-refractivity contribution in [2.24, 2.45) is 4.99 Å². The van der Waals surface area contributed by atoms with E-state index in [9.17, 15) is 4.79 Å². The molecule has 0 spiro atoms. The fourth-order valence-corrected chi connectivity index (χ4v) is 3.93. The minimum Gasteiger partial charge on any atom is -0.378 e. The van der Waals surface area contributed by atoms with Gasteiger partial charge in [-0.25, -0.2) is 4.98 Å². The molecule has 0 bridgehead atoms. The first-order chi connectivity index (χ1) is 14.7.